The first-order valence-corrected chi connectivity index (χ1v) is 8.23. The molecule has 0 radical (unpaired) electrons. The summed E-state index contributed by atoms with van der Waals surface area (Å²) in [5.74, 6) is -0.427. The van der Waals surface area contributed by atoms with Gasteiger partial charge in [0.25, 0.3) is 16.1 Å². The minimum Gasteiger partial charge on any atom is -0.322 e. The van der Waals surface area contributed by atoms with Gasteiger partial charge in [0.1, 0.15) is 5.54 Å². The number of carbonyl (C=O) groups is 2. The lowest BCUT2D eigenvalue weighted by molar-refractivity contribution is -0.125. The zero-order valence-electron chi connectivity index (χ0n) is 11.1. The molecule has 3 heterocycles. The zero-order valence-corrected chi connectivity index (χ0v) is 11.9. The van der Waals surface area contributed by atoms with Crippen LogP contribution < -0.4 is 10.6 Å². The highest BCUT2D eigenvalue weighted by atomic mass is 32.2. The summed E-state index contributed by atoms with van der Waals surface area (Å²) in [6, 6.07) is -0.546. The molecule has 9 heteroatoms. The number of piperidine rings is 1. The van der Waals surface area contributed by atoms with E-state index in [1.165, 1.54) is 8.61 Å². The van der Waals surface area contributed by atoms with Crippen LogP contribution in [0.3, 0.4) is 0 Å². The van der Waals surface area contributed by atoms with Gasteiger partial charge in [-0.15, -0.1) is 0 Å². The molecule has 3 saturated heterocycles. The van der Waals surface area contributed by atoms with Crippen LogP contribution >= 0.6 is 0 Å². The highest BCUT2D eigenvalue weighted by Crippen LogP contribution is 2.28. The molecule has 3 aliphatic rings. The topological polar surface area (TPSA) is 98.8 Å². The summed E-state index contributed by atoms with van der Waals surface area (Å²) in [6.07, 6.45) is 2.77. The van der Waals surface area contributed by atoms with Gasteiger partial charge in [0.2, 0.25) is 0 Å². The van der Waals surface area contributed by atoms with Gasteiger partial charge in [-0.3, -0.25) is 10.1 Å². The van der Waals surface area contributed by atoms with Crippen LogP contribution in [0.4, 0.5) is 4.79 Å². The van der Waals surface area contributed by atoms with Crippen molar-refractivity contribution in [1.82, 2.24) is 19.2 Å². The van der Waals surface area contributed by atoms with Crippen molar-refractivity contribution in [2.75, 3.05) is 26.2 Å². The van der Waals surface area contributed by atoms with Crippen molar-refractivity contribution in [1.29, 1.82) is 0 Å². The molecule has 112 valence electrons. The van der Waals surface area contributed by atoms with E-state index in [1.54, 1.807) is 0 Å². The molecule has 3 fully saturated rings. The van der Waals surface area contributed by atoms with Gasteiger partial charge in [0.05, 0.1) is 0 Å². The van der Waals surface area contributed by atoms with Gasteiger partial charge in [0, 0.05) is 26.2 Å². The van der Waals surface area contributed by atoms with Crippen LogP contribution in [0.5, 0.6) is 0 Å². The average molecular weight is 302 g/mol. The highest BCUT2D eigenvalue weighted by Gasteiger charge is 2.51. The third-order valence-electron chi connectivity index (χ3n) is 4.19. The standard InChI is InChI=1S/C11H18N4O4S/c16-9-11(13-10(17)12-9)4-3-7-15(8-11)20(18,19)14-5-1-2-6-14/h1-8H2,(H2,12,13,16,17). The molecular formula is C11H18N4O4S. The Labute approximate surface area is 117 Å². The quantitative estimate of drug-likeness (QED) is 0.639. The number of hydrogen-bond donors (Lipinski definition) is 2. The zero-order chi connectivity index (χ0) is 14.4. The molecule has 1 atom stereocenters. The second-order valence-corrected chi connectivity index (χ2v) is 7.47. The first kappa shape index (κ1) is 13.8. The van der Waals surface area contributed by atoms with E-state index in [1.807, 2.05) is 0 Å². The van der Waals surface area contributed by atoms with Crippen LogP contribution in [-0.2, 0) is 15.0 Å². The Morgan fingerprint density at radius 2 is 1.65 bits per heavy atom. The minimum atomic E-state index is -3.53. The lowest BCUT2D eigenvalue weighted by atomic mass is 9.90. The molecule has 1 unspecified atom stereocenters. The van der Waals surface area contributed by atoms with Gasteiger partial charge in [-0.25, -0.2) is 4.79 Å². The predicted molar refractivity (Wildman–Crippen MR) is 69.9 cm³/mol. The van der Waals surface area contributed by atoms with Crippen LogP contribution in [0.15, 0.2) is 0 Å². The normalized spacial score (nSPS) is 32.6. The number of nitrogens with one attached hydrogen (secondary N) is 2. The Bertz CT molecular complexity index is 543. The van der Waals surface area contributed by atoms with Crippen molar-refractivity contribution in [2.45, 2.75) is 31.2 Å². The average Bonchev–Trinajstić information content (AvgIpc) is 3.00. The maximum atomic E-state index is 12.5. The third-order valence-corrected chi connectivity index (χ3v) is 6.17. The molecular weight excluding hydrogens is 284 g/mol. The summed E-state index contributed by atoms with van der Waals surface area (Å²) in [5.41, 5.74) is -1.10. The Hall–Kier alpha value is -1.19. The molecule has 0 aromatic carbocycles. The molecule has 0 aromatic rings. The van der Waals surface area contributed by atoms with E-state index in [0.29, 0.717) is 32.5 Å². The Morgan fingerprint density at radius 1 is 1.00 bits per heavy atom. The predicted octanol–water partition coefficient (Wildman–Crippen LogP) is -0.999. The van der Waals surface area contributed by atoms with E-state index in [4.69, 9.17) is 0 Å². The Balaban J connectivity index is 1.82. The van der Waals surface area contributed by atoms with Crippen LogP contribution in [-0.4, -0.2) is 60.7 Å². The maximum absolute atomic E-state index is 12.5. The summed E-state index contributed by atoms with van der Waals surface area (Å²) >= 11 is 0. The second-order valence-electron chi connectivity index (χ2n) is 5.54. The summed E-state index contributed by atoms with van der Waals surface area (Å²) < 4.78 is 27.8. The van der Waals surface area contributed by atoms with Gasteiger partial charge in [-0.05, 0) is 25.7 Å². The summed E-state index contributed by atoms with van der Waals surface area (Å²) in [7, 11) is -3.53. The van der Waals surface area contributed by atoms with Crippen LogP contribution in [0, 0.1) is 0 Å². The van der Waals surface area contributed by atoms with E-state index in [0.717, 1.165) is 12.8 Å². The van der Waals surface area contributed by atoms with E-state index in [2.05, 4.69) is 10.6 Å². The fourth-order valence-corrected chi connectivity index (χ4v) is 4.90. The van der Waals surface area contributed by atoms with E-state index < -0.39 is 27.7 Å². The Kier molecular flexibility index (Phi) is 3.22. The number of rotatable bonds is 2. The number of imide groups is 1. The second kappa shape index (κ2) is 4.68. The number of nitrogens with zero attached hydrogens (tertiary/aromatic N) is 2. The third kappa shape index (κ3) is 2.09. The first-order valence-electron chi connectivity index (χ1n) is 6.83. The fourth-order valence-electron chi connectivity index (χ4n) is 3.11. The summed E-state index contributed by atoms with van der Waals surface area (Å²) in [6.45, 7) is 1.47. The Morgan fingerprint density at radius 3 is 2.25 bits per heavy atom. The number of amides is 3. The highest BCUT2D eigenvalue weighted by molar-refractivity contribution is 7.86. The molecule has 2 N–H and O–H groups in total. The fraction of sp³-hybridized carbons (Fsp3) is 0.818. The van der Waals surface area contributed by atoms with Gasteiger partial charge in [-0.1, -0.05) is 0 Å². The van der Waals surface area contributed by atoms with Crippen molar-refractivity contribution < 1.29 is 18.0 Å². The van der Waals surface area contributed by atoms with Crippen molar-refractivity contribution in [3.63, 3.8) is 0 Å². The monoisotopic (exact) mass is 302 g/mol. The molecule has 0 aliphatic carbocycles. The van der Waals surface area contributed by atoms with Crippen LogP contribution in [0.25, 0.3) is 0 Å². The first-order chi connectivity index (χ1) is 9.44. The number of hydrogen-bond acceptors (Lipinski definition) is 4. The van der Waals surface area contributed by atoms with Crippen molar-refractivity contribution in [3.8, 4) is 0 Å². The van der Waals surface area contributed by atoms with E-state index in [9.17, 15) is 18.0 Å². The lowest BCUT2D eigenvalue weighted by Crippen LogP contribution is -2.61. The van der Waals surface area contributed by atoms with Crippen molar-refractivity contribution in [3.05, 3.63) is 0 Å². The summed E-state index contributed by atoms with van der Waals surface area (Å²) in [5, 5.41) is 4.78. The van der Waals surface area contributed by atoms with Gasteiger partial charge < -0.3 is 5.32 Å². The van der Waals surface area contributed by atoms with Gasteiger partial charge in [-0.2, -0.15) is 17.0 Å². The lowest BCUT2D eigenvalue weighted by Gasteiger charge is -2.38. The molecule has 0 bridgehead atoms. The number of urea groups is 1. The van der Waals surface area contributed by atoms with Gasteiger partial charge in [0.15, 0.2) is 0 Å². The van der Waals surface area contributed by atoms with Crippen molar-refractivity contribution in [2.24, 2.45) is 0 Å². The molecule has 3 rings (SSSR count). The maximum Gasteiger partial charge on any atom is 0.322 e. The van der Waals surface area contributed by atoms with Gasteiger partial charge >= 0.3 is 6.03 Å². The van der Waals surface area contributed by atoms with Crippen LogP contribution in [0.1, 0.15) is 25.7 Å². The molecule has 0 saturated carbocycles. The molecule has 3 aliphatic heterocycles. The smallest absolute Gasteiger partial charge is 0.322 e. The molecule has 1 spiro atoms. The molecule has 8 nitrogen and oxygen atoms in total. The summed E-state index contributed by atoms with van der Waals surface area (Å²) in [4.78, 5) is 23.2. The van der Waals surface area contributed by atoms with Crippen molar-refractivity contribution >= 4 is 22.1 Å². The molecule has 3 amide bonds. The molecule has 0 aromatic heterocycles. The SMILES string of the molecule is O=C1NC(=O)C2(CCCN(S(=O)(=O)N3CCCC3)C2)N1. The van der Waals surface area contributed by atoms with E-state index in [-0.39, 0.29) is 6.54 Å². The van der Waals surface area contributed by atoms with Crippen LogP contribution in [0.2, 0.25) is 0 Å². The largest absolute Gasteiger partial charge is 0.322 e. The van der Waals surface area contributed by atoms with E-state index >= 15 is 0 Å². The molecule has 20 heavy (non-hydrogen) atoms. The number of carbonyl (C=O) groups excluding carboxylic acids is 2. The minimum absolute atomic E-state index is 0.0173.